The van der Waals surface area contributed by atoms with Crippen LogP contribution in [0, 0.1) is 0 Å². The first kappa shape index (κ1) is 18.0. The van der Waals surface area contributed by atoms with Gasteiger partial charge in [0.15, 0.2) is 0 Å². The van der Waals surface area contributed by atoms with Gasteiger partial charge >= 0.3 is 6.18 Å². The van der Waals surface area contributed by atoms with Gasteiger partial charge in [0, 0.05) is 24.5 Å². The summed E-state index contributed by atoms with van der Waals surface area (Å²) < 4.78 is 64.4. The SMILES string of the molecule is CCn1cc(S(=O)(=O)N(CC(F)(F)F)C(C)C)cc1CO. The number of hydrogen-bond acceptors (Lipinski definition) is 3. The van der Waals surface area contributed by atoms with E-state index in [1.165, 1.54) is 30.7 Å². The minimum absolute atomic E-state index is 0.244. The first-order chi connectivity index (χ1) is 9.52. The van der Waals surface area contributed by atoms with Gasteiger partial charge in [-0.05, 0) is 26.8 Å². The number of aryl methyl sites for hydroxylation is 1. The molecule has 1 aromatic heterocycles. The average Bonchev–Trinajstić information content (AvgIpc) is 2.78. The summed E-state index contributed by atoms with van der Waals surface area (Å²) in [6, 6.07) is 0.365. The van der Waals surface area contributed by atoms with Gasteiger partial charge in [-0.25, -0.2) is 8.42 Å². The summed E-state index contributed by atoms with van der Waals surface area (Å²) in [6.07, 6.45) is -3.38. The zero-order valence-electron chi connectivity index (χ0n) is 12.1. The molecule has 122 valence electrons. The lowest BCUT2D eigenvalue weighted by molar-refractivity contribution is -0.138. The third-order valence-electron chi connectivity index (χ3n) is 2.98. The van der Waals surface area contributed by atoms with E-state index in [1.807, 2.05) is 0 Å². The van der Waals surface area contributed by atoms with Crippen LogP contribution in [0.5, 0.6) is 0 Å². The Morgan fingerprint density at radius 3 is 2.29 bits per heavy atom. The maximum absolute atomic E-state index is 12.6. The van der Waals surface area contributed by atoms with Gasteiger partial charge in [0.2, 0.25) is 10.0 Å². The molecule has 0 saturated heterocycles. The summed E-state index contributed by atoms with van der Waals surface area (Å²) in [5, 5.41) is 9.15. The van der Waals surface area contributed by atoms with E-state index in [0.717, 1.165) is 0 Å². The van der Waals surface area contributed by atoms with Crippen molar-refractivity contribution in [1.29, 1.82) is 0 Å². The first-order valence-corrected chi connectivity index (χ1v) is 7.85. The molecule has 1 aromatic rings. The molecule has 0 unspecified atom stereocenters. The molecule has 1 N–H and O–H groups in total. The number of rotatable bonds is 6. The number of alkyl halides is 3. The fourth-order valence-corrected chi connectivity index (χ4v) is 3.64. The summed E-state index contributed by atoms with van der Waals surface area (Å²) in [7, 11) is -4.27. The zero-order valence-corrected chi connectivity index (χ0v) is 12.9. The maximum atomic E-state index is 12.6. The minimum atomic E-state index is -4.62. The molecule has 0 aliphatic carbocycles. The van der Waals surface area contributed by atoms with Crippen molar-refractivity contribution in [2.75, 3.05) is 6.54 Å². The second-order valence-corrected chi connectivity index (χ2v) is 6.76. The lowest BCUT2D eigenvalue weighted by Crippen LogP contribution is -2.43. The van der Waals surface area contributed by atoms with Crippen molar-refractivity contribution >= 4 is 10.0 Å². The van der Waals surface area contributed by atoms with Crippen LogP contribution in [-0.2, 0) is 23.2 Å². The summed E-state index contributed by atoms with van der Waals surface area (Å²) in [6.45, 7) is 2.99. The number of nitrogens with zero attached hydrogens (tertiary/aromatic N) is 2. The Morgan fingerprint density at radius 2 is 1.95 bits per heavy atom. The Labute approximate surface area is 122 Å². The van der Waals surface area contributed by atoms with Crippen molar-refractivity contribution in [2.45, 2.75) is 51.0 Å². The highest BCUT2D eigenvalue weighted by atomic mass is 32.2. The van der Waals surface area contributed by atoms with E-state index in [1.54, 1.807) is 6.92 Å². The van der Waals surface area contributed by atoms with E-state index in [-0.39, 0.29) is 11.5 Å². The summed E-state index contributed by atoms with van der Waals surface area (Å²) in [4.78, 5) is -0.244. The fraction of sp³-hybridized carbons (Fsp3) is 0.667. The standard InChI is InChI=1S/C12H19F3N2O3S/c1-4-16-6-11(5-10(16)7-18)21(19,20)17(9(2)3)8-12(13,14)15/h5-6,9,18H,4,7-8H2,1-3H3. The zero-order chi connectivity index (χ0) is 16.4. The van der Waals surface area contributed by atoms with Crippen molar-refractivity contribution in [1.82, 2.24) is 8.87 Å². The molecule has 21 heavy (non-hydrogen) atoms. The third kappa shape index (κ3) is 4.21. The van der Waals surface area contributed by atoms with Gasteiger partial charge in [0.05, 0.1) is 6.61 Å². The van der Waals surface area contributed by atoms with E-state index >= 15 is 0 Å². The Morgan fingerprint density at radius 1 is 1.38 bits per heavy atom. The maximum Gasteiger partial charge on any atom is 0.402 e. The molecule has 0 saturated carbocycles. The van der Waals surface area contributed by atoms with E-state index in [2.05, 4.69) is 0 Å². The Hall–Kier alpha value is -1.06. The van der Waals surface area contributed by atoms with Gasteiger partial charge < -0.3 is 9.67 Å². The average molecular weight is 328 g/mol. The molecule has 0 radical (unpaired) electrons. The van der Waals surface area contributed by atoms with Crippen LogP contribution in [0.2, 0.25) is 0 Å². The molecule has 0 spiro atoms. The summed E-state index contributed by atoms with van der Waals surface area (Å²) in [5.74, 6) is 0. The minimum Gasteiger partial charge on any atom is -0.390 e. The van der Waals surface area contributed by atoms with Crippen molar-refractivity contribution in [3.05, 3.63) is 18.0 Å². The molecular weight excluding hydrogens is 309 g/mol. The topological polar surface area (TPSA) is 62.5 Å². The number of hydrogen-bond donors (Lipinski definition) is 1. The molecule has 9 heteroatoms. The second kappa shape index (κ2) is 6.37. The largest absolute Gasteiger partial charge is 0.402 e. The van der Waals surface area contributed by atoms with Crippen LogP contribution in [0.3, 0.4) is 0 Å². The van der Waals surface area contributed by atoms with Crippen LogP contribution in [0.25, 0.3) is 0 Å². The number of aromatic nitrogens is 1. The molecule has 0 aliphatic rings. The lowest BCUT2D eigenvalue weighted by Gasteiger charge is -2.26. The molecule has 1 heterocycles. The van der Waals surface area contributed by atoms with Crippen molar-refractivity contribution in [2.24, 2.45) is 0 Å². The summed E-state index contributed by atoms with van der Waals surface area (Å²) in [5.41, 5.74) is 0.340. The Kier molecular flexibility index (Phi) is 5.46. The monoisotopic (exact) mass is 328 g/mol. The predicted molar refractivity (Wildman–Crippen MR) is 71.1 cm³/mol. The molecular formula is C12H19F3N2O3S. The fourth-order valence-electron chi connectivity index (χ4n) is 1.95. The molecule has 1 rings (SSSR count). The second-order valence-electron chi connectivity index (χ2n) is 4.87. The van der Waals surface area contributed by atoms with Crippen LogP contribution in [0.1, 0.15) is 26.5 Å². The summed E-state index contributed by atoms with van der Waals surface area (Å²) >= 11 is 0. The number of aliphatic hydroxyl groups excluding tert-OH is 1. The number of sulfonamides is 1. The van der Waals surface area contributed by atoms with Gasteiger partial charge in [0.25, 0.3) is 0 Å². The molecule has 0 aromatic carbocycles. The van der Waals surface area contributed by atoms with Gasteiger partial charge in [0.1, 0.15) is 11.4 Å². The number of halogens is 3. The molecule has 0 aliphatic heterocycles. The van der Waals surface area contributed by atoms with Crippen LogP contribution in [-0.4, -0.2) is 41.2 Å². The molecule has 5 nitrogen and oxygen atoms in total. The third-order valence-corrected chi connectivity index (χ3v) is 4.97. The highest BCUT2D eigenvalue weighted by molar-refractivity contribution is 7.89. The Balaban J connectivity index is 3.26. The van der Waals surface area contributed by atoms with Crippen molar-refractivity contribution < 1.29 is 26.7 Å². The van der Waals surface area contributed by atoms with E-state index < -0.39 is 28.8 Å². The number of aliphatic hydroxyl groups is 1. The predicted octanol–water partition coefficient (Wildman–Crippen LogP) is 1.96. The van der Waals surface area contributed by atoms with Crippen molar-refractivity contribution in [3.63, 3.8) is 0 Å². The van der Waals surface area contributed by atoms with Crippen LogP contribution in [0.4, 0.5) is 13.2 Å². The highest BCUT2D eigenvalue weighted by Crippen LogP contribution is 2.26. The molecule has 0 fully saturated rings. The molecule has 0 atom stereocenters. The van der Waals surface area contributed by atoms with E-state index in [0.29, 0.717) is 16.5 Å². The van der Waals surface area contributed by atoms with Crippen molar-refractivity contribution in [3.8, 4) is 0 Å². The quantitative estimate of drug-likeness (QED) is 0.868. The molecule has 0 bridgehead atoms. The first-order valence-electron chi connectivity index (χ1n) is 6.41. The Bertz CT molecular complexity index is 558. The van der Waals surface area contributed by atoms with Gasteiger partial charge in [-0.2, -0.15) is 17.5 Å². The van der Waals surface area contributed by atoms with E-state index in [9.17, 15) is 21.6 Å². The van der Waals surface area contributed by atoms with E-state index in [4.69, 9.17) is 5.11 Å². The van der Waals surface area contributed by atoms with Gasteiger partial charge in [-0.3, -0.25) is 0 Å². The smallest absolute Gasteiger partial charge is 0.390 e. The molecule has 0 amide bonds. The normalized spacial score (nSPS) is 13.4. The van der Waals surface area contributed by atoms with Crippen LogP contribution >= 0.6 is 0 Å². The lowest BCUT2D eigenvalue weighted by atomic mass is 10.4. The highest BCUT2D eigenvalue weighted by Gasteiger charge is 2.39. The van der Waals surface area contributed by atoms with Gasteiger partial charge in [-0.1, -0.05) is 0 Å². The van der Waals surface area contributed by atoms with Crippen LogP contribution < -0.4 is 0 Å². The van der Waals surface area contributed by atoms with Gasteiger partial charge in [-0.15, -0.1) is 0 Å². The van der Waals surface area contributed by atoms with Crippen LogP contribution in [0.15, 0.2) is 17.2 Å².